The van der Waals surface area contributed by atoms with Crippen molar-refractivity contribution in [3.63, 3.8) is 0 Å². The number of nitrogens with two attached hydrogens (primary N) is 1. The van der Waals surface area contributed by atoms with Crippen LogP contribution in [0.25, 0.3) is 0 Å². The van der Waals surface area contributed by atoms with Gasteiger partial charge in [0.05, 0.1) is 11.9 Å². The first kappa shape index (κ1) is 22.8. The minimum absolute atomic E-state index is 0.0633. The molecule has 0 saturated carbocycles. The van der Waals surface area contributed by atoms with E-state index in [9.17, 15) is 9.59 Å². The molecule has 0 aliphatic carbocycles. The van der Waals surface area contributed by atoms with Crippen LogP contribution >= 0.6 is 0 Å². The van der Waals surface area contributed by atoms with E-state index in [2.05, 4.69) is 41.1 Å². The molecule has 31 heavy (non-hydrogen) atoms. The second-order valence-electron chi connectivity index (χ2n) is 8.11. The maximum absolute atomic E-state index is 13.4. The third-order valence-corrected chi connectivity index (χ3v) is 5.53. The Bertz CT molecular complexity index is 898. The number of rotatable bonds is 7. The first-order valence-electron chi connectivity index (χ1n) is 10.6. The van der Waals surface area contributed by atoms with E-state index in [0.717, 1.165) is 31.6 Å². The molecule has 3 N–H and O–H groups in total. The van der Waals surface area contributed by atoms with E-state index in [1.807, 2.05) is 17.0 Å². The van der Waals surface area contributed by atoms with Crippen LogP contribution in [0.2, 0.25) is 0 Å². The molecule has 8 nitrogen and oxygen atoms in total. The number of piperidine rings is 1. The molecular formula is C22H30BN5O3. The van der Waals surface area contributed by atoms with Gasteiger partial charge in [-0.3, -0.25) is 9.69 Å². The van der Waals surface area contributed by atoms with Crippen molar-refractivity contribution < 1.29 is 14.2 Å². The SMILES string of the molecule is COBN1CCC(N(C(=O)Nc2ccc(C(N)=O)nc2)c2cccc(C(C)C)c2)CC1. The molecule has 1 aromatic heterocycles. The third-order valence-electron chi connectivity index (χ3n) is 5.53. The van der Waals surface area contributed by atoms with Crippen LogP contribution in [0.4, 0.5) is 16.2 Å². The lowest BCUT2D eigenvalue weighted by atomic mass is 9.97. The summed E-state index contributed by atoms with van der Waals surface area (Å²) in [5.74, 6) is -0.244. The minimum atomic E-state index is -0.604. The monoisotopic (exact) mass is 423 g/mol. The number of nitrogens with one attached hydrogen (secondary N) is 1. The van der Waals surface area contributed by atoms with Crippen molar-refractivity contribution >= 4 is 30.9 Å². The molecule has 164 valence electrons. The molecule has 0 unspecified atom stereocenters. The van der Waals surface area contributed by atoms with Crippen LogP contribution in [0.1, 0.15) is 48.7 Å². The van der Waals surface area contributed by atoms with Crippen LogP contribution in [0.5, 0.6) is 0 Å². The maximum Gasteiger partial charge on any atom is 0.363 e. The fourth-order valence-electron chi connectivity index (χ4n) is 3.81. The number of hydrogen-bond donors (Lipinski definition) is 2. The van der Waals surface area contributed by atoms with Gasteiger partial charge < -0.3 is 20.5 Å². The number of pyridine rings is 1. The lowest BCUT2D eigenvalue weighted by molar-refractivity contribution is 0.0995. The number of hydrogen-bond acceptors (Lipinski definition) is 5. The Morgan fingerprint density at radius 2 is 2.00 bits per heavy atom. The average Bonchev–Trinajstić information content (AvgIpc) is 2.76. The van der Waals surface area contributed by atoms with Crippen LogP contribution in [-0.2, 0) is 4.65 Å². The van der Waals surface area contributed by atoms with Gasteiger partial charge in [0, 0.05) is 18.8 Å². The molecule has 3 amide bonds. The largest absolute Gasteiger partial charge is 0.427 e. The van der Waals surface area contributed by atoms with E-state index in [1.165, 1.54) is 17.8 Å². The molecule has 1 saturated heterocycles. The van der Waals surface area contributed by atoms with Crippen molar-refractivity contribution in [1.29, 1.82) is 0 Å². The zero-order valence-electron chi connectivity index (χ0n) is 18.4. The standard InChI is InChI=1S/C22H30BN5O3/c1-15(2)16-5-4-6-19(13-16)28(18-9-11-27(12-10-18)23-31-3)22(30)26-17-7-8-20(21(24)29)25-14-17/h4-8,13-15,18,23H,9-12H2,1-3H3,(H2,24,29)(H,26,30). The number of carbonyl (C=O) groups is 2. The summed E-state index contributed by atoms with van der Waals surface area (Å²) in [6, 6.07) is 11.1. The molecule has 0 spiro atoms. The van der Waals surface area contributed by atoms with Gasteiger partial charge in [0.25, 0.3) is 5.91 Å². The van der Waals surface area contributed by atoms with Crippen molar-refractivity contribution in [3.05, 3.63) is 53.9 Å². The first-order chi connectivity index (χ1) is 14.9. The highest BCUT2D eigenvalue weighted by Crippen LogP contribution is 2.28. The van der Waals surface area contributed by atoms with Gasteiger partial charge in [-0.15, -0.1) is 0 Å². The van der Waals surface area contributed by atoms with Gasteiger partial charge >= 0.3 is 13.6 Å². The number of anilines is 2. The summed E-state index contributed by atoms with van der Waals surface area (Å²) in [6.45, 7) is 6.00. The van der Waals surface area contributed by atoms with E-state index in [-0.39, 0.29) is 17.8 Å². The van der Waals surface area contributed by atoms with Crippen LogP contribution in [0.3, 0.4) is 0 Å². The van der Waals surface area contributed by atoms with Gasteiger partial charge in [-0.1, -0.05) is 26.0 Å². The van der Waals surface area contributed by atoms with Crippen molar-refractivity contribution in [1.82, 2.24) is 9.79 Å². The molecule has 0 radical (unpaired) electrons. The molecule has 1 fully saturated rings. The van der Waals surface area contributed by atoms with Crippen molar-refractivity contribution in [3.8, 4) is 0 Å². The zero-order chi connectivity index (χ0) is 22.4. The average molecular weight is 423 g/mol. The topological polar surface area (TPSA) is 101 Å². The number of nitrogens with zero attached hydrogens (tertiary/aromatic N) is 3. The molecule has 9 heteroatoms. The smallest absolute Gasteiger partial charge is 0.363 e. The summed E-state index contributed by atoms with van der Waals surface area (Å²) in [5, 5.41) is 2.92. The van der Waals surface area contributed by atoms with Gasteiger partial charge in [0.1, 0.15) is 5.69 Å². The van der Waals surface area contributed by atoms with Crippen molar-refractivity contribution in [2.75, 3.05) is 30.4 Å². The Balaban J connectivity index is 1.83. The second kappa shape index (κ2) is 10.4. The van der Waals surface area contributed by atoms with Gasteiger partial charge in [-0.05, 0) is 61.7 Å². The number of amides is 3. The van der Waals surface area contributed by atoms with Crippen LogP contribution in [-0.4, -0.2) is 55.6 Å². The number of aromatic nitrogens is 1. The van der Waals surface area contributed by atoms with Crippen molar-refractivity contribution in [2.24, 2.45) is 5.73 Å². The molecule has 3 rings (SSSR count). The normalized spacial score (nSPS) is 15.0. The second-order valence-corrected chi connectivity index (χ2v) is 8.11. The van der Waals surface area contributed by atoms with E-state index in [4.69, 9.17) is 10.4 Å². The van der Waals surface area contributed by atoms with Gasteiger partial charge in [0.2, 0.25) is 0 Å². The predicted molar refractivity (Wildman–Crippen MR) is 124 cm³/mol. The Labute approximate surface area is 184 Å². The maximum atomic E-state index is 13.4. The van der Waals surface area contributed by atoms with Gasteiger partial charge in [-0.25, -0.2) is 9.78 Å². The quantitative estimate of drug-likeness (QED) is 0.667. The molecule has 1 aliphatic heterocycles. The summed E-state index contributed by atoms with van der Waals surface area (Å²) in [4.78, 5) is 32.7. The Morgan fingerprint density at radius 1 is 1.26 bits per heavy atom. The van der Waals surface area contributed by atoms with E-state index in [1.54, 1.807) is 13.2 Å². The summed E-state index contributed by atoms with van der Waals surface area (Å²) in [5.41, 5.74) is 7.97. The van der Waals surface area contributed by atoms with Crippen LogP contribution < -0.4 is 16.0 Å². The fourth-order valence-corrected chi connectivity index (χ4v) is 3.81. The number of primary amides is 1. The summed E-state index contributed by atoms with van der Waals surface area (Å²) in [7, 11) is 2.29. The Hall–Kier alpha value is -2.91. The van der Waals surface area contributed by atoms with E-state index >= 15 is 0 Å². The highest BCUT2D eigenvalue weighted by atomic mass is 16.4. The lowest BCUT2D eigenvalue weighted by Crippen LogP contribution is -2.50. The minimum Gasteiger partial charge on any atom is -0.427 e. The lowest BCUT2D eigenvalue weighted by Gasteiger charge is -2.38. The highest BCUT2D eigenvalue weighted by molar-refractivity contribution is 6.23. The van der Waals surface area contributed by atoms with Crippen molar-refractivity contribution in [2.45, 2.75) is 38.6 Å². The summed E-state index contributed by atoms with van der Waals surface area (Å²) < 4.78 is 5.25. The van der Waals surface area contributed by atoms with Gasteiger partial charge in [0.15, 0.2) is 0 Å². The molecular weight excluding hydrogens is 393 g/mol. The Morgan fingerprint density at radius 3 is 2.58 bits per heavy atom. The third kappa shape index (κ3) is 5.83. The summed E-state index contributed by atoms with van der Waals surface area (Å²) >= 11 is 0. The van der Waals surface area contributed by atoms with E-state index < -0.39 is 5.91 Å². The van der Waals surface area contributed by atoms with E-state index in [0.29, 0.717) is 19.2 Å². The molecule has 1 aromatic carbocycles. The number of urea groups is 1. The molecule has 0 atom stereocenters. The number of carbonyl (C=O) groups excluding carboxylic acids is 2. The molecule has 0 bridgehead atoms. The van der Waals surface area contributed by atoms with Crippen LogP contribution in [0.15, 0.2) is 42.6 Å². The molecule has 2 aromatic rings. The molecule has 2 heterocycles. The molecule has 1 aliphatic rings. The predicted octanol–water partition coefficient (Wildman–Crippen LogP) is 2.72. The van der Waals surface area contributed by atoms with Crippen LogP contribution in [0, 0.1) is 0 Å². The summed E-state index contributed by atoms with van der Waals surface area (Å²) in [6.07, 6.45) is 3.14. The number of benzene rings is 1. The fraction of sp³-hybridized carbons (Fsp3) is 0.409. The zero-order valence-corrected chi connectivity index (χ0v) is 18.4. The highest BCUT2D eigenvalue weighted by Gasteiger charge is 2.30. The first-order valence-corrected chi connectivity index (χ1v) is 10.6. The Kier molecular flexibility index (Phi) is 7.65. The van der Waals surface area contributed by atoms with Gasteiger partial charge in [-0.2, -0.15) is 0 Å².